The van der Waals surface area contributed by atoms with Gasteiger partial charge in [0.2, 0.25) is 0 Å². The molecule has 22 heavy (non-hydrogen) atoms. The summed E-state index contributed by atoms with van der Waals surface area (Å²) < 4.78 is 5.66. The average Bonchev–Trinajstić information content (AvgIpc) is 2.46. The Morgan fingerprint density at radius 1 is 0.955 bits per heavy atom. The summed E-state index contributed by atoms with van der Waals surface area (Å²) in [5.41, 5.74) is -0.343. The van der Waals surface area contributed by atoms with E-state index < -0.39 is 5.41 Å². The van der Waals surface area contributed by atoms with Gasteiger partial charge in [0, 0.05) is 6.54 Å². The Labute approximate surface area is 138 Å². The van der Waals surface area contributed by atoms with Crippen LogP contribution in [0.25, 0.3) is 0 Å². The first kappa shape index (κ1) is 21.4. The van der Waals surface area contributed by atoms with Crippen molar-refractivity contribution in [2.45, 2.75) is 74.1 Å². The van der Waals surface area contributed by atoms with Crippen molar-refractivity contribution < 1.29 is 9.53 Å². The van der Waals surface area contributed by atoms with Crippen LogP contribution in [-0.2, 0) is 9.53 Å². The van der Waals surface area contributed by atoms with Gasteiger partial charge in [-0.2, -0.15) is 0 Å². The van der Waals surface area contributed by atoms with Gasteiger partial charge in [-0.15, -0.1) is 0 Å². The summed E-state index contributed by atoms with van der Waals surface area (Å²) in [6.07, 6.45) is 4.03. The molecule has 1 unspecified atom stereocenters. The summed E-state index contributed by atoms with van der Waals surface area (Å²) in [5.74, 6) is -0.0330. The number of ether oxygens (including phenoxy) is 1. The molecule has 0 fully saturated rings. The van der Waals surface area contributed by atoms with Gasteiger partial charge in [-0.3, -0.25) is 4.79 Å². The van der Waals surface area contributed by atoms with E-state index in [1.165, 1.54) is 0 Å². The molecule has 3 nitrogen and oxygen atoms in total. The number of carbonyl (C=O) groups excluding carboxylic acids is 1. The van der Waals surface area contributed by atoms with E-state index in [2.05, 4.69) is 48.5 Å². The highest BCUT2D eigenvalue weighted by Crippen LogP contribution is 2.51. The van der Waals surface area contributed by atoms with Crippen LogP contribution in [0.3, 0.4) is 0 Å². The second-order valence-electron chi connectivity index (χ2n) is 8.20. The minimum atomic E-state index is -0.450. The molecule has 0 saturated carbocycles. The van der Waals surface area contributed by atoms with E-state index >= 15 is 0 Å². The summed E-state index contributed by atoms with van der Waals surface area (Å²) in [5, 5.41) is 0. The SMILES string of the molecule is CCC(C)(CC)CC(C)(C(=O)OCCN(C)C)C(C)(C)CC. The lowest BCUT2D eigenvalue weighted by Gasteiger charge is -2.46. The van der Waals surface area contributed by atoms with E-state index in [0.29, 0.717) is 6.61 Å². The molecule has 0 radical (unpaired) electrons. The van der Waals surface area contributed by atoms with Crippen LogP contribution in [0, 0.1) is 16.2 Å². The Bertz CT molecular complexity index is 345. The zero-order chi connectivity index (χ0) is 17.6. The van der Waals surface area contributed by atoms with E-state index in [1.807, 2.05) is 19.0 Å². The van der Waals surface area contributed by atoms with Crippen molar-refractivity contribution >= 4 is 5.97 Å². The lowest BCUT2D eigenvalue weighted by atomic mass is 9.58. The summed E-state index contributed by atoms with van der Waals surface area (Å²) in [7, 11) is 3.99. The maximum atomic E-state index is 12.9. The van der Waals surface area contributed by atoms with Crippen molar-refractivity contribution in [3.05, 3.63) is 0 Å². The molecule has 0 heterocycles. The van der Waals surface area contributed by atoms with Gasteiger partial charge in [-0.05, 0) is 44.7 Å². The first-order valence-corrected chi connectivity index (χ1v) is 8.80. The van der Waals surface area contributed by atoms with Gasteiger partial charge in [0.15, 0.2) is 0 Å². The molecule has 0 spiro atoms. The smallest absolute Gasteiger partial charge is 0.312 e. The predicted molar refractivity (Wildman–Crippen MR) is 95.0 cm³/mol. The first-order valence-electron chi connectivity index (χ1n) is 8.80. The topological polar surface area (TPSA) is 29.5 Å². The lowest BCUT2D eigenvalue weighted by Crippen LogP contribution is -2.46. The zero-order valence-corrected chi connectivity index (χ0v) is 16.5. The monoisotopic (exact) mass is 313 g/mol. The summed E-state index contributed by atoms with van der Waals surface area (Å²) in [6.45, 7) is 16.7. The highest BCUT2D eigenvalue weighted by atomic mass is 16.5. The normalized spacial score (nSPS) is 15.7. The highest BCUT2D eigenvalue weighted by Gasteiger charge is 2.50. The number of rotatable bonds is 10. The van der Waals surface area contributed by atoms with Gasteiger partial charge in [-0.1, -0.05) is 54.4 Å². The van der Waals surface area contributed by atoms with Crippen molar-refractivity contribution in [3.63, 3.8) is 0 Å². The summed E-state index contributed by atoms with van der Waals surface area (Å²) in [6, 6.07) is 0. The van der Waals surface area contributed by atoms with E-state index in [4.69, 9.17) is 4.74 Å². The van der Waals surface area contributed by atoms with Crippen LogP contribution in [0.15, 0.2) is 0 Å². The van der Waals surface area contributed by atoms with E-state index in [0.717, 1.165) is 32.2 Å². The lowest BCUT2D eigenvalue weighted by molar-refractivity contribution is -0.166. The van der Waals surface area contributed by atoms with E-state index in [9.17, 15) is 4.79 Å². The number of carbonyl (C=O) groups is 1. The third kappa shape index (κ3) is 5.26. The van der Waals surface area contributed by atoms with E-state index in [1.54, 1.807) is 0 Å². The summed E-state index contributed by atoms with van der Waals surface area (Å²) in [4.78, 5) is 15.0. The highest BCUT2D eigenvalue weighted by molar-refractivity contribution is 5.77. The Balaban J connectivity index is 5.31. The molecule has 1 atom stereocenters. The Morgan fingerprint density at radius 2 is 1.45 bits per heavy atom. The largest absolute Gasteiger partial charge is 0.464 e. The third-order valence-electron chi connectivity index (χ3n) is 6.09. The number of esters is 1. The number of hydrogen-bond acceptors (Lipinski definition) is 3. The standard InChI is InChI=1S/C19H39NO2/c1-10-17(4,5)19(7,15-18(6,11-2)12-3)16(21)22-14-13-20(8)9/h10-15H2,1-9H3. The van der Waals surface area contributed by atoms with Gasteiger partial charge >= 0.3 is 5.97 Å². The molecule has 0 aliphatic carbocycles. The van der Waals surface area contributed by atoms with Crippen LogP contribution in [0.1, 0.15) is 74.1 Å². The second kappa shape index (κ2) is 8.33. The van der Waals surface area contributed by atoms with Crippen molar-refractivity contribution in [2.75, 3.05) is 27.2 Å². The minimum absolute atomic E-state index is 0.0330. The fourth-order valence-electron chi connectivity index (χ4n) is 2.81. The summed E-state index contributed by atoms with van der Waals surface area (Å²) >= 11 is 0. The van der Waals surface area contributed by atoms with Crippen molar-refractivity contribution in [1.82, 2.24) is 4.90 Å². The molecular formula is C19H39NO2. The average molecular weight is 314 g/mol. The van der Waals surface area contributed by atoms with Crippen molar-refractivity contribution in [3.8, 4) is 0 Å². The molecule has 132 valence electrons. The van der Waals surface area contributed by atoms with Gasteiger partial charge in [-0.25, -0.2) is 0 Å². The van der Waals surface area contributed by atoms with Gasteiger partial charge in [0.05, 0.1) is 5.41 Å². The molecular weight excluding hydrogens is 274 g/mol. The quantitative estimate of drug-likeness (QED) is 0.545. The molecule has 3 heteroatoms. The molecule has 0 saturated heterocycles. The predicted octanol–water partition coefficient (Wildman–Crippen LogP) is 4.75. The van der Waals surface area contributed by atoms with E-state index in [-0.39, 0.29) is 16.8 Å². The molecule has 0 bridgehead atoms. The second-order valence-corrected chi connectivity index (χ2v) is 8.20. The third-order valence-corrected chi connectivity index (χ3v) is 6.09. The zero-order valence-electron chi connectivity index (χ0n) is 16.5. The maximum absolute atomic E-state index is 12.9. The molecule has 0 amide bonds. The Morgan fingerprint density at radius 3 is 1.82 bits per heavy atom. The molecule has 0 N–H and O–H groups in total. The van der Waals surface area contributed by atoms with Crippen LogP contribution < -0.4 is 0 Å². The first-order chi connectivity index (χ1) is 9.98. The molecule has 0 aliphatic heterocycles. The number of nitrogens with zero attached hydrogens (tertiary/aromatic N) is 1. The molecule has 0 aromatic carbocycles. The number of likely N-dealkylation sites (N-methyl/N-ethyl adjacent to an activating group) is 1. The Kier molecular flexibility index (Phi) is 8.11. The van der Waals surface area contributed by atoms with Gasteiger partial charge in [0.1, 0.15) is 6.61 Å². The van der Waals surface area contributed by atoms with Crippen LogP contribution >= 0.6 is 0 Å². The fraction of sp³-hybridized carbons (Fsp3) is 0.947. The fourth-order valence-corrected chi connectivity index (χ4v) is 2.81. The van der Waals surface area contributed by atoms with Crippen LogP contribution in [-0.4, -0.2) is 38.1 Å². The van der Waals surface area contributed by atoms with Crippen LogP contribution in [0.4, 0.5) is 0 Å². The number of hydrogen-bond donors (Lipinski definition) is 0. The van der Waals surface area contributed by atoms with Crippen LogP contribution in [0.5, 0.6) is 0 Å². The molecule has 0 aromatic heterocycles. The van der Waals surface area contributed by atoms with Gasteiger partial charge < -0.3 is 9.64 Å². The molecule has 0 aliphatic rings. The molecule has 0 rings (SSSR count). The van der Waals surface area contributed by atoms with Crippen molar-refractivity contribution in [1.29, 1.82) is 0 Å². The minimum Gasteiger partial charge on any atom is -0.464 e. The molecule has 0 aromatic rings. The van der Waals surface area contributed by atoms with Gasteiger partial charge in [0.25, 0.3) is 0 Å². The maximum Gasteiger partial charge on any atom is 0.312 e. The Hall–Kier alpha value is -0.570. The van der Waals surface area contributed by atoms with Crippen molar-refractivity contribution in [2.24, 2.45) is 16.2 Å². The van der Waals surface area contributed by atoms with Crippen LogP contribution in [0.2, 0.25) is 0 Å².